The summed E-state index contributed by atoms with van der Waals surface area (Å²) in [5, 5.41) is 14.9. The first-order valence-corrected chi connectivity index (χ1v) is 7.14. The van der Waals surface area contributed by atoms with Crippen LogP contribution in [0, 0.1) is 5.41 Å². The monoisotopic (exact) mass is 283 g/mol. The lowest BCUT2D eigenvalue weighted by Crippen LogP contribution is -2.58. The lowest BCUT2D eigenvalue weighted by molar-refractivity contribution is -0.131. The van der Waals surface area contributed by atoms with E-state index in [9.17, 15) is 4.79 Å². The molecule has 0 radical (unpaired) electrons. The fraction of sp³-hybridized carbons (Fsp3) is 0.846. The summed E-state index contributed by atoms with van der Waals surface area (Å²) < 4.78 is 0. The lowest BCUT2D eigenvalue weighted by Gasteiger charge is -2.41. The third-order valence-electron chi connectivity index (χ3n) is 4.72. The van der Waals surface area contributed by atoms with Crippen LogP contribution in [-0.2, 0) is 4.79 Å². The fourth-order valence-corrected chi connectivity index (χ4v) is 2.93. The maximum absolute atomic E-state index is 12.4. The SMILES string of the molecule is CN1CCN(C)C(CNC(=O)C2(C(N)=NO)CCC2)C1. The van der Waals surface area contributed by atoms with Gasteiger partial charge in [0, 0.05) is 32.2 Å². The number of nitrogens with zero attached hydrogens (tertiary/aromatic N) is 3. The Kier molecular flexibility index (Phi) is 4.49. The molecule has 1 saturated carbocycles. The Hall–Kier alpha value is -1.34. The molecule has 2 rings (SSSR count). The number of carbonyl (C=O) groups excluding carboxylic acids is 1. The zero-order chi connectivity index (χ0) is 14.8. The molecule has 4 N–H and O–H groups in total. The number of nitrogens with one attached hydrogen (secondary N) is 1. The zero-order valence-electron chi connectivity index (χ0n) is 12.3. The number of carbonyl (C=O) groups is 1. The molecular formula is C13H25N5O2. The van der Waals surface area contributed by atoms with Crippen LogP contribution in [0.3, 0.4) is 0 Å². The van der Waals surface area contributed by atoms with Crippen LogP contribution in [0.5, 0.6) is 0 Å². The van der Waals surface area contributed by atoms with Gasteiger partial charge in [0.2, 0.25) is 5.91 Å². The smallest absolute Gasteiger partial charge is 0.234 e. The second-order valence-corrected chi connectivity index (χ2v) is 6.03. The van der Waals surface area contributed by atoms with E-state index in [1.54, 1.807) is 0 Å². The van der Waals surface area contributed by atoms with Crippen molar-refractivity contribution in [2.24, 2.45) is 16.3 Å². The average molecular weight is 283 g/mol. The standard InChI is InChI=1S/C13H25N5O2/c1-17-6-7-18(2)10(9-17)8-15-12(19)13(4-3-5-13)11(14)16-20/h10,20H,3-9H2,1-2H3,(H2,14,16)(H,15,19). The van der Waals surface area contributed by atoms with Crippen LogP contribution in [-0.4, -0.2) is 73.1 Å². The summed E-state index contributed by atoms with van der Waals surface area (Å²) in [6.45, 7) is 3.59. The van der Waals surface area contributed by atoms with Crippen molar-refractivity contribution in [2.45, 2.75) is 25.3 Å². The fourth-order valence-electron chi connectivity index (χ4n) is 2.93. The van der Waals surface area contributed by atoms with Crippen LogP contribution in [0.25, 0.3) is 0 Å². The Labute approximate surface area is 119 Å². The first kappa shape index (κ1) is 15.1. The molecule has 0 bridgehead atoms. The lowest BCUT2D eigenvalue weighted by atomic mass is 9.67. The third kappa shape index (κ3) is 2.73. The molecule has 1 heterocycles. The molecule has 20 heavy (non-hydrogen) atoms. The van der Waals surface area contributed by atoms with Crippen molar-refractivity contribution < 1.29 is 10.0 Å². The van der Waals surface area contributed by atoms with Crippen molar-refractivity contribution in [2.75, 3.05) is 40.3 Å². The number of hydrogen-bond acceptors (Lipinski definition) is 5. The van der Waals surface area contributed by atoms with Gasteiger partial charge in [-0.1, -0.05) is 11.6 Å². The third-order valence-corrected chi connectivity index (χ3v) is 4.72. The highest BCUT2D eigenvalue weighted by Gasteiger charge is 2.48. The Balaban J connectivity index is 1.91. The Morgan fingerprint density at radius 3 is 2.70 bits per heavy atom. The Bertz CT molecular complexity index is 394. The minimum Gasteiger partial charge on any atom is -0.409 e. The summed E-state index contributed by atoms with van der Waals surface area (Å²) in [7, 11) is 4.16. The van der Waals surface area contributed by atoms with Crippen molar-refractivity contribution in [3.63, 3.8) is 0 Å². The summed E-state index contributed by atoms with van der Waals surface area (Å²) in [4.78, 5) is 16.9. The van der Waals surface area contributed by atoms with Gasteiger partial charge in [-0.15, -0.1) is 0 Å². The maximum Gasteiger partial charge on any atom is 0.234 e. The van der Waals surface area contributed by atoms with Gasteiger partial charge < -0.3 is 21.2 Å². The molecule has 2 fully saturated rings. The van der Waals surface area contributed by atoms with E-state index in [-0.39, 0.29) is 11.7 Å². The average Bonchev–Trinajstić information content (AvgIpc) is 2.38. The number of rotatable bonds is 4. The second-order valence-electron chi connectivity index (χ2n) is 6.03. The number of likely N-dealkylation sites (N-methyl/N-ethyl adjacent to an activating group) is 2. The molecule has 0 aromatic heterocycles. The van der Waals surface area contributed by atoms with Gasteiger partial charge >= 0.3 is 0 Å². The van der Waals surface area contributed by atoms with Gasteiger partial charge in [0.05, 0.1) is 0 Å². The van der Waals surface area contributed by atoms with Crippen molar-refractivity contribution in [3.8, 4) is 0 Å². The van der Waals surface area contributed by atoms with Gasteiger partial charge in [0.15, 0.2) is 5.84 Å². The van der Waals surface area contributed by atoms with Gasteiger partial charge in [-0.2, -0.15) is 0 Å². The van der Waals surface area contributed by atoms with Gasteiger partial charge in [0.1, 0.15) is 5.41 Å². The highest BCUT2D eigenvalue weighted by atomic mass is 16.4. The van der Waals surface area contributed by atoms with E-state index in [4.69, 9.17) is 10.9 Å². The quantitative estimate of drug-likeness (QED) is 0.273. The van der Waals surface area contributed by atoms with E-state index in [1.807, 2.05) is 0 Å². The molecule has 114 valence electrons. The molecule has 7 heteroatoms. The molecule has 0 aromatic rings. The van der Waals surface area contributed by atoms with Crippen LogP contribution in [0.1, 0.15) is 19.3 Å². The van der Waals surface area contributed by atoms with Crippen LogP contribution in [0.15, 0.2) is 5.16 Å². The minimum atomic E-state index is -0.784. The van der Waals surface area contributed by atoms with Crippen molar-refractivity contribution in [3.05, 3.63) is 0 Å². The Morgan fingerprint density at radius 2 is 2.15 bits per heavy atom. The molecule has 1 amide bonds. The molecule has 1 unspecified atom stereocenters. The van der Waals surface area contributed by atoms with Gasteiger partial charge in [0.25, 0.3) is 0 Å². The zero-order valence-corrected chi connectivity index (χ0v) is 12.3. The van der Waals surface area contributed by atoms with Crippen molar-refractivity contribution in [1.82, 2.24) is 15.1 Å². The van der Waals surface area contributed by atoms with Crippen LogP contribution in [0.2, 0.25) is 0 Å². The van der Waals surface area contributed by atoms with Crippen molar-refractivity contribution >= 4 is 11.7 Å². The van der Waals surface area contributed by atoms with Crippen LogP contribution < -0.4 is 11.1 Å². The number of piperazine rings is 1. The molecular weight excluding hydrogens is 258 g/mol. The van der Waals surface area contributed by atoms with Crippen LogP contribution in [0.4, 0.5) is 0 Å². The molecule has 1 aliphatic heterocycles. The Morgan fingerprint density at radius 1 is 1.45 bits per heavy atom. The van der Waals surface area contributed by atoms with E-state index >= 15 is 0 Å². The highest BCUT2D eigenvalue weighted by molar-refractivity contribution is 6.07. The van der Waals surface area contributed by atoms with Gasteiger partial charge in [-0.25, -0.2) is 0 Å². The summed E-state index contributed by atoms with van der Waals surface area (Å²) in [5.41, 5.74) is 4.91. The molecule has 0 spiro atoms. The highest BCUT2D eigenvalue weighted by Crippen LogP contribution is 2.41. The van der Waals surface area contributed by atoms with E-state index in [1.165, 1.54) is 0 Å². The van der Waals surface area contributed by atoms with E-state index in [0.29, 0.717) is 25.4 Å². The summed E-state index contributed by atoms with van der Waals surface area (Å²) in [6, 6.07) is 0.308. The summed E-state index contributed by atoms with van der Waals surface area (Å²) in [5.74, 6) is -0.0731. The van der Waals surface area contributed by atoms with E-state index in [2.05, 4.69) is 34.4 Å². The van der Waals surface area contributed by atoms with Crippen LogP contribution >= 0.6 is 0 Å². The predicted molar refractivity (Wildman–Crippen MR) is 76.6 cm³/mol. The normalized spacial score (nSPS) is 27.9. The first-order chi connectivity index (χ1) is 9.49. The number of amides is 1. The minimum absolute atomic E-state index is 0.0374. The van der Waals surface area contributed by atoms with E-state index < -0.39 is 5.41 Å². The molecule has 7 nitrogen and oxygen atoms in total. The predicted octanol–water partition coefficient (Wildman–Crippen LogP) is -0.735. The van der Waals surface area contributed by atoms with Crippen molar-refractivity contribution in [1.29, 1.82) is 0 Å². The number of amidine groups is 1. The molecule has 1 aliphatic carbocycles. The molecule has 2 aliphatic rings. The van der Waals surface area contributed by atoms with Gasteiger partial charge in [-0.05, 0) is 26.9 Å². The molecule has 1 atom stereocenters. The largest absolute Gasteiger partial charge is 0.409 e. The summed E-state index contributed by atoms with van der Waals surface area (Å²) >= 11 is 0. The second kappa shape index (κ2) is 5.97. The van der Waals surface area contributed by atoms with Gasteiger partial charge in [-0.3, -0.25) is 9.69 Å². The molecule has 1 saturated heterocycles. The molecule has 0 aromatic carbocycles. The number of oxime groups is 1. The topological polar surface area (TPSA) is 94.2 Å². The van der Waals surface area contributed by atoms with E-state index in [0.717, 1.165) is 26.1 Å². The maximum atomic E-state index is 12.4. The first-order valence-electron chi connectivity index (χ1n) is 7.14. The number of hydrogen-bond donors (Lipinski definition) is 3. The number of nitrogens with two attached hydrogens (primary N) is 1. The summed E-state index contributed by atoms with van der Waals surface area (Å²) in [6.07, 6.45) is 2.26.